The molecule has 2 N–H and O–H groups in total. The van der Waals surface area contributed by atoms with E-state index in [2.05, 4.69) is 18.7 Å². The van der Waals surface area contributed by atoms with Crippen LogP contribution in [0.4, 0.5) is 0 Å². The Morgan fingerprint density at radius 1 is 1.22 bits per heavy atom. The highest BCUT2D eigenvalue weighted by Gasteiger charge is 2.35. The molecule has 18 heavy (non-hydrogen) atoms. The van der Waals surface area contributed by atoms with Crippen LogP contribution in [0.25, 0.3) is 0 Å². The van der Waals surface area contributed by atoms with Crippen LogP contribution < -0.4 is 5.73 Å². The molecule has 0 radical (unpaired) electrons. The van der Waals surface area contributed by atoms with E-state index in [4.69, 9.17) is 5.73 Å². The third kappa shape index (κ3) is 3.05. The van der Waals surface area contributed by atoms with Gasteiger partial charge in [-0.05, 0) is 43.6 Å². The van der Waals surface area contributed by atoms with Crippen LogP contribution in [-0.2, 0) is 4.79 Å². The molecule has 1 aliphatic carbocycles. The fourth-order valence-corrected chi connectivity index (χ4v) is 3.58. The van der Waals surface area contributed by atoms with Crippen molar-refractivity contribution in [3.05, 3.63) is 0 Å². The van der Waals surface area contributed by atoms with Gasteiger partial charge in [0.15, 0.2) is 0 Å². The summed E-state index contributed by atoms with van der Waals surface area (Å²) in [6.07, 6.45) is 5.75. The maximum Gasteiger partial charge on any atom is 0.225 e. The molecule has 3 heteroatoms. The van der Waals surface area contributed by atoms with Crippen LogP contribution in [0.5, 0.6) is 0 Å². The Balaban J connectivity index is 1.89. The first-order chi connectivity index (χ1) is 8.61. The van der Waals surface area contributed by atoms with Crippen LogP contribution in [0.1, 0.15) is 46.0 Å². The quantitative estimate of drug-likeness (QED) is 0.837. The minimum atomic E-state index is 0.285. The van der Waals surface area contributed by atoms with E-state index in [9.17, 15) is 4.79 Å². The molecule has 4 atom stereocenters. The van der Waals surface area contributed by atoms with E-state index in [0.717, 1.165) is 38.9 Å². The van der Waals surface area contributed by atoms with Crippen molar-refractivity contribution in [2.75, 3.05) is 19.6 Å². The second-order valence-electron chi connectivity index (χ2n) is 6.50. The van der Waals surface area contributed by atoms with Crippen LogP contribution in [-0.4, -0.2) is 30.4 Å². The number of rotatable bonds is 3. The van der Waals surface area contributed by atoms with E-state index in [-0.39, 0.29) is 5.92 Å². The Bertz CT molecular complexity index is 280. The number of carbonyl (C=O) groups is 1. The average molecular weight is 252 g/mol. The van der Waals surface area contributed by atoms with E-state index in [1.54, 1.807) is 0 Å². The molecule has 4 unspecified atom stereocenters. The van der Waals surface area contributed by atoms with Crippen molar-refractivity contribution in [2.45, 2.75) is 46.0 Å². The third-order valence-corrected chi connectivity index (χ3v) is 5.01. The van der Waals surface area contributed by atoms with Crippen molar-refractivity contribution in [3.63, 3.8) is 0 Å². The molecule has 0 aromatic carbocycles. The van der Waals surface area contributed by atoms with Crippen LogP contribution in [0.2, 0.25) is 0 Å². The van der Waals surface area contributed by atoms with Crippen molar-refractivity contribution in [1.82, 2.24) is 4.90 Å². The van der Waals surface area contributed by atoms with Crippen LogP contribution in [0.3, 0.4) is 0 Å². The first-order valence-electron chi connectivity index (χ1n) is 7.60. The minimum Gasteiger partial charge on any atom is -0.342 e. The molecular formula is C15H28N2O. The SMILES string of the molecule is CC1CN(C(=O)C2CCCC(CCN)C2)CC1C. The molecule has 3 nitrogen and oxygen atoms in total. The summed E-state index contributed by atoms with van der Waals surface area (Å²) in [6.45, 7) is 7.23. The van der Waals surface area contributed by atoms with Crippen LogP contribution >= 0.6 is 0 Å². The molecule has 2 fully saturated rings. The molecule has 1 amide bonds. The van der Waals surface area contributed by atoms with E-state index >= 15 is 0 Å². The fourth-order valence-electron chi connectivity index (χ4n) is 3.58. The minimum absolute atomic E-state index is 0.285. The highest BCUT2D eigenvalue weighted by molar-refractivity contribution is 5.79. The van der Waals surface area contributed by atoms with Crippen molar-refractivity contribution in [1.29, 1.82) is 0 Å². The smallest absolute Gasteiger partial charge is 0.225 e. The standard InChI is InChI=1S/C15H28N2O/c1-11-9-17(10-12(11)2)15(18)14-5-3-4-13(8-14)6-7-16/h11-14H,3-10,16H2,1-2H3. The van der Waals surface area contributed by atoms with Gasteiger partial charge < -0.3 is 10.6 Å². The van der Waals surface area contributed by atoms with Gasteiger partial charge >= 0.3 is 0 Å². The van der Waals surface area contributed by atoms with E-state index < -0.39 is 0 Å². The maximum atomic E-state index is 12.5. The number of amides is 1. The normalized spacial score (nSPS) is 36.9. The van der Waals surface area contributed by atoms with Crippen LogP contribution in [0.15, 0.2) is 0 Å². The molecular weight excluding hydrogens is 224 g/mol. The molecule has 0 spiro atoms. The average Bonchev–Trinajstić information content (AvgIpc) is 2.69. The molecule has 1 aliphatic heterocycles. The summed E-state index contributed by atoms with van der Waals surface area (Å²) in [5.74, 6) is 2.73. The number of carbonyl (C=O) groups excluding carboxylic acids is 1. The molecule has 104 valence electrons. The monoisotopic (exact) mass is 252 g/mol. The van der Waals surface area contributed by atoms with Crippen LogP contribution in [0, 0.1) is 23.7 Å². The molecule has 2 aliphatic rings. The predicted molar refractivity (Wildman–Crippen MR) is 74.0 cm³/mol. The summed E-state index contributed by atoms with van der Waals surface area (Å²) in [5.41, 5.74) is 5.64. The molecule has 1 heterocycles. The highest BCUT2D eigenvalue weighted by atomic mass is 16.2. The van der Waals surface area contributed by atoms with E-state index in [1.807, 2.05) is 0 Å². The summed E-state index contributed by atoms with van der Waals surface area (Å²) in [7, 11) is 0. The Kier molecular flexibility index (Phi) is 4.66. The maximum absolute atomic E-state index is 12.5. The summed E-state index contributed by atoms with van der Waals surface area (Å²) in [4.78, 5) is 14.7. The number of nitrogens with zero attached hydrogens (tertiary/aromatic N) is 1. The van der Waals surface area contributed by atoms with Crippen molar-refractivity contribution < 1.29 is 4.79 Å². The lowest BCUT2D eigenvalue weighted by molar-refractivity contribution is -0.136. The summed E-state index contributed by atoms with van der Waals surface area (Å²) < 4.78 is 0. The lowest BCUT2D eigenvalue weighted by Gasteiger charge is -2.31. The lowest BCUT2D eigenvalue weighted by Crippen LogP contribution is -2.37. The Labute approximate surface area is 111 Å². The third-order valence-electron chi connectivity index (χ3n) is 5.01. The first kappa shape index (κ1) is 13.9. The topological polar surface area (TPSA) is 46.3 Å². The van der Waals surface area contributed by atoms with Crippen molar-refractivity contribution >= 4 is 5.91 Å². The largest absolute Gasteiger partial charge is 0.342 e. The number of nitrogens with two attached hydrogens (primary N) is 1. The predicted octanol–water partition coefficient (Wildman–Crippen LogP) is 2.26. The first-order valence-corrected chi connectivity index (χ1v) is 7.60. The highest BCUT2D eigenvalue weighted by Crippen LogP contribution is 2.33. The van der Waals surface area contributed by atoms with Gasteiger partial charge in [0.2, 0.25) is 5.91 Å². The van der Waals surface area contributed by atoms with Gasteiger partial charge in [-0.2, -0.15) is 0 Å². The Hall–Kier alpha value is -0.570. The van der Waals surface area contributed by atoms with Crippen molar-refractivity contribution in [2.24, 2.45) is 29.4 Å². The van der Waals surface area contributed by atoms with Crippen molar-refractivity contribution in [3.8, 4) is 0 Å². The van der Waals surface area contributed by atoms with Gasteiger partial charge in [-0.25, -0.2) is 0 Å². The Morgan fingerprint density at radius 2 is 1.89 bits per heavy atom. The summed E-state index contributed by atoms with van der Waals surface area (Å²) in [6, 6.07) is 0. The second-order valence-corrected chi connectivity index (χ2v) is 6.50. The number of likely N-dealkylation sites (tertiary alicyclic amines) is 1. The number of hydrogen-bond acceptors (Lipinski definition) is 2. The molecule has 1 saturated carbocycles. The van der Waals surface area contributed by atoms with Gasteiger partial charge in [0.25, 0.3) is 0 Å². The molecule has 0 aromatic heterocycles. The van der Waals surface area contributed by atoms with E-state index in [0.29, 0.717) is 23.7 Å². The molecule has 0 bridgehead atoms. The molecule has 0 aromatic rings. The zero-order valence-corrected chi connectivity index (χ0v) is 11.9. The summed E-state index contributed by atoms with van der Waals surface area (Å²) in [5, 5.41) is 0. The van der Waals surface area contributed by atoms with Gasteiger partial charge in [0.1, 0.15) is 0 Å². The van der Waals surface area contributed by atoms with Gasteiger partial charge in [0.05, 0.1) is 0 Å². The van der Waals surface area contributed by atoms with Gasteiger partial charge in [-0.15, -0.1) is 0 Å². The molecule has 1 saturated heterocycles. The summed E-state index contributed by atoms with van der Waals surface area (Å²) >= 11 is 0. The van der Waals surface area contributed by atoms with E-state index in [1.165, 1.54) is 12.8 Å². The Morgan fingerprint density at radius 3 is 2.50 bits per heavy atom. The zero-order valence-electron chi connectivity index (χ0n) is 11.9. The lowest BCUT2D eigenvalue weighted by atomic mass is 9.79. The zero-order chi connectivity index (χ0) is 13.1. The van der Waals surface area contributed by atoms with Gasteiger partial charge in [-0.3, -0.25) is 4.79 Å². The van der Waals surface area contributed by atoms with Gasteiger partial charge in [0, 0.05) is 19.0 Å². The van der Waals surface area contributed by atoms with Gasteiger partial charge in [-0.1, -0.05) is 26.7 Å². The number of hydrogen-bond donors (Lipinski definition) is 1. The fraction of sp³-hybridized carbons (Fsp3) is 0.933. The second kappa shape index (κ2) is 6.05. The molecule has 2 rings (SSSR count).